The fourth-order valence-electron chi connectivity index (χ4n) is 2.78. The number of nitrogens with two attached hydrogens (primary N) is 1. The second-order valence-electron chi connectivity index (χ2n) is 7.53. The minimum absolute atomic E-state index is 0.160. The Morgan fingerprint density at radius 3 is 1.67 bits per heavy atom. The molecule has 6 N–H and O–H groups in total. The van der Waals surface area contributed by atoms with E-state index in [9.17, 15) is 19.8 Å². The Hall–Kier alpha value is -1.89. The smallest absolute Gasteiger partial charge is 0.336 e. The van der Waals surface area contributed by atoms with Crippen LogP contribution in [0, 0.1) is 0 Å². The first-order chi connectivity index (χ1) is 16.9. The molecule has 36 heavy (non-hydrogen) atoms. The van der Waals surface area contributed by atoms with Gasteiger partial charge in [0.1, 0.15) is 29.0 Å². The first-order valence-corrected chi connectivity index (χ1v) is 13.3. The van der Waals surface area contributed by atoms with E-state index in [1.807, 2.05) is 80.5 Å². The molecular formula is C24H23I3N2O7. The van der Waals surface area contributed by atoms with Crippen molar-refractivity contribution in [2.75, 3.05) is 0 Å². The van der Waals surface area contributed by atoms with Crippen LogP contribution in [-0.2, 0) is 22.4 Å². The number of hydrogen-bond acceptors (Lipinski definition) is 7. The van der Waals surface area contributed by atoms with Crippen LogP contribution in [0.25, 0.3) is 0 Å². The van der Waals surface area contributed by atoms with Crippen LogP contribution in [0.4, 0.5) is 0 Å². The van der Waals surface area contributed by atoms with Gasteiger partial charge in [-0.3, -0.25) is 4.79 Å². The maximum absolute atomic E-state index is 11.5. The molecule has 0 aliphatic heterocycles. The zero-order valence-electron chi connectivity index (χ0n) is 18.6. The fraction of sp³-hybridized carbons (Fsp3) is 0.167. The molecule has 3 rings (SSSR count). The molecule has 3 aromatic rings. The van der Waals surface area contributed by atoms with Gasteiger partial charge in [0.25, 0.3) is 0 Å². The normalized spacial score (nSPS) is 13.1. The number of benzene rings is 3. The van der Waals surface area contributed by atoms with Crippen LogP contribution in [0.1, 0.15) is 11.1 Å². The highest BCUT2D eigenvalue weighted by molar-refractivity contribution is 14.2. The van der Waals surface area contributed by atoms with E-state index in [0.29, 0.717) is 17.9 Å². The quantitative estimate of drug-likeness (QED) is 0.0839. The summed E-state index contributed by atoms with van der Waals surface area (Å²) in [5.41, 5.74) is 7.02. The van der Waals surface area contributed by atoms with E-state index in [-0.39, 0.29) is 17.9 Å². The van der Waals surface area contributed by atoms with Crippen molar-refractivity contribution in [3.8, 4) is 23.0 Å². The Morgan fingerprint density at radius 2 is 1.25 bits per heavy atom. The number of carboxylic acid groups (broad SMARTS) is 2. The largest absolute Gasteiger partial charge is 0.508 e. The molecule has 0 spiro atoms. The molecule has 192 valence electrons. The van der Waals surface area contributed by atoms with Gasteiger partial charge in [0.15, 0.2) is 3.55 Å². The molecule has 0 saturated heterocycles. The third-order valence-corrected chi connectivity index (χ3v) is 9.56. The Kier molecular flexibility index (Phi) is 11.9. The SMILES string of the molecule is N[C@@H](Cc1ccc(O)cc1)C(=O)O.O=C(O)[C@](I)(Cc1ccc(Oc2ccc(O)cc2)cc1)N(I)I. The van der Waals surface area contributed by atoms with E-state index in [0.717, 1.165) is 11.1 Å². The summed E-state index contributed by atoms with van der Waals surface area (Å²) in [6, 6.07) is 19.2. The number of aromatic hydroxyl groups is 2. The van der Waals surface area contributed by atoms with Gasteiger partial charge >= 0.3 is 11.9 Å². The maximum Gasteiger partial charge on any atom is 0.336 e. The average molecular weight is 832 g/mol. The van der Waals surface area contributed by atoms with Crippen LogP contribution in [-0.4, -0.2) is 43.3 Å². The zero-order chi connectivity index (χ0) is 26.9. The average Bonchev–Trinajstić information content (AvgIpc) is 2.83. The van der Waals surface area contributed by atoms with Gasteiger partial charge in [-0.1, -0.05) is 24.3 Å². The third-order valence-electron chi connectivity index (χ3n) is 4.74. The summed E-state index contributed by atoms with van der Waals surface area (Å²) in [7, 11) is 0. The molecule has 12 heteroatoms. The summed E-state index contributed by atoms with van der Waals surface area (Å²) in [5, 5.41) is 36.2. The van der Waals surface area contributed by atoms with Gasteiger partial charge < -0.3 is 30.9 Å². The van der Waals surface area contributed by atoms with E-state index < -0.39 is 21.5 Å². The lowest BCUT2D eigenvalue weighted by Gasteiger charge is -2.26. The van der Waals surface area contributed by atoms with Gasteiger partial charge in [0.05, 0.1) is 0 Å². The van der Waals surface area contributed by atoms with Gasteiger partial charge in [0.2, 0.25) is 0 Å². The molecule has 0 heterocycles. The summed E-state index contributed by atoms with van der Waals surface area (Å²) < 4.78 is 6.29. The van der Waals surface area contributed by atoms with Crippen LogP contribution in [0.15, 0.2) is 72.8 Å². The predicted molar refractivity (Wildman–Crippen MR) is 160 cm³/mol. The minimum atomic E-state index is -1.02. The van der Waals surface area contributed by atoms with Crippen molar-refractivity contribution < 1.29 is 34.8 Å². The maximum atomic E-state index is 11.5. The highest BCUT2D eigenvalue weighted by atomic mass is 127. The predicted octanol–water partition coefficient (Wildman–Crippen LogP) is 5.29. The van der Waals surface area contributed by atoms with Gasteiger partial charge in [-0.05, 0) is 88.7 Å². The van der Waals surface area contributed by atoms with Crippen molar-refractivity contribution in [1.82, 2.24) is 1.33 Å². The number of rotatable bonds is 9. The summed E-state index contributed by atoms with van der Waals surface area (Å²) >= 11 is 5.89. The second-order valence-corrected chi connectivity index (χ2v) is 13.1. The van der Waals surface area contributed by atoms with Crippen molar-refractivity contribution >= 4 is 80.3 Å². The van der Waals surface area contributed by atoms with Crippen LogP contribution < -0.4 is 10.5 Å². The lowest BCUT2D eigenvalue weighted by molar-refractivity contribution is -0.140. The Balaban J connectivity index is 0.000000297. The molecule has 0 amide bonds. The standard InChI is InChI=1S/C15H12I3NO4.C9H11NO3/c16-15(14(21)22,19(17)18)9-10-1-5-12(6-2-10)23-13-7-3-11(20)4-8-13;10-8(9(12)13)5-6-1-3-7(11)4-2-6/h1-8,20H,9H2,(H,21,22);1-4,8,11H,5,10H2,(H,12,13)/t15-;8-/m00/s1. The van der Waals surface area contributed by atoms with Crippen LogP contribution in [0.2, 0.25) is 0 Å². The third kappa shape index (κ3) is 9.53. The molecule has 3 aromatic carbocycles. The van der Waals surface area contributed by atoms with Gasteiger partial charge in [-0.15, -0.1) is 0 Å². The lowest BCUT2D eigenvalue weighted by atomic mass is 10.1. The number of alkyl halides is 1. The van der Waals surface area contributed by atoms with Crippen LogP contribution in [0.5, 0.6) is 23.0 Å². The zero-order valence-corrected chi connectivity index (χ0v) is 25.1. The molecule has 0 saturated carbocycles. The van der Waals surface area contributed by atoms with Crippen molar-refractivity contribution in [2.45, 2.75) is 22.4 Å². The Bertz CT molecular complexity index is 1140. The van der Waals surface area contributed by atoms with Crippen molar-refractivity contribution in [1.29, 1.82) is 0 Å². The number of carbonyl (C=O) groups is 2. The lowest BCUT2D eigenvalue weighted by Crippen LogP contribution is -2.41. The molecule has 0 unspecified atom stereocenters. The second kappa shape index (κ2) is 14.2. The molecular weight excluding hydrogens is 809 g/mol. The van der Waals surface area contributed by atoms with Crippen molar-refractivity contribution in [3.05, 3.63) is 83.9 Å². The monoisotopic (exact) mass is 832 g/mol. The topological polar surface area (TPSA) is 154 Å². The summed E-state index contributed by atoms with van der Waals surface area (Å²) in [6.07, 6.45) is 0.643. The molecule has 0 fully saturated rings. The first-order valence-electron chi connectivity index (χ1n) is 10.3. The number of aliphatic carboxylic acids is 2. The summed E-state index contributed by atoms with van der Waals surface area (Å²) in [4.78, 5) is 21.9. The molecule has 0 aliphatic rings. The molecule has 2 atom stereocenters. The molecule has 0 bridgehead atoms. The molecule has 9 nitrogen and oxygen atoms in total. The van der Waals surface area contributed by atoms with E-state index in [2.05, 4.69) is 0 Å². The van der Waals surface area contributed by atoms with Gasteiger partial charge in [0, 0.05) is 52.1 Å². The van der Waals surface area contributed by atoms with Crippen molar-refractivity contribution in [2.24, 2.45) is 5.73 Å². The number of nitrogens with zero attached hydrogens (tertiary/aromatic N) is 1. The fourth-order valence-corrected chi connectivity index (χ4v) is 3.97. The number of phenolic OH excluding ortho intramolecular Hbond substituents is 2. The van der Waals surface area contributed by atoms with Crippen molar-refractivity contribution in [3.63, 3.8) is 0 Å². The number of phenols is 2. The number of ether oxygens (including phenoxy) is 1. The molecule has 0 aliphatic carbocycles. The highest BCUT2D eigenvalue weighted by Gasteiger charge is 2.40. The number of hydrogen-bond donors (Lipinski definition) is 5. The Labute approximate surface area is 249 Å². The molecule has 0 radical (unpaired) electrons. The Morgan fingerprint density at radius 1 is 0.833 bits per heavy atom. The highest BCUT2D eigenvalue weighted by Crippen LogP contribution is 2.36. The molecule has 0 aromatic heterocycles. The van der Waals surface area contributed by atoms with E-state index >= 15 is 0 Å². The number of halogens is 3. The van der Waals surface area contributed by atoms with Gasteiger partial charge in [-0.25, -0.2) is 4.79 Å². The van der Waals surface area contributed by atoms with Crippen LogP contribution in [0.3, 0.4) is 0 Å². The van der Waals surface area contributed by atoms with E-state index in [4.69, 9.17) is 20.7 Å². The van der Waals surface area contributed by atoms with E-state index in [1.54, 1.807) is 49.9 Å². The summed E-state index contributed by atoms with van der Waals surface area (Å²) in [5.74, 6) is -0.293. The van der Waals surface area contributed by atoms with E-state index in [1.165, 1.54) is 12.1 Å². The van der Waals surface area contributed by atoms with Crippen LogP contribution >= 0.6 is 68.3 Å². The van der Waals surface area contributed by atoms with Gasteiger partial charge in [-0.2, -0.15) is 1.33 Å². The number of carboxylic acids is 2. The summed E-state index contributed by atoms with van der Waals surface area (Å²) in [6.45, 7) is 0. The minimum Gasteiger partial charge on any atom is -0.508 e. The first kappa shape index (κ1) is 30.3.